The van der Waals surface area contributed by atoms with Gasteiger partial charge in [-0.1, -0.05) is 0 Å². The van der Waals surface area contributed by atoms with E-state index >= 15 is 0 Å². The maximum absolute atomic E-state index is 12.8. The highest BCUT2D eigenvalue weighted by Gasteiger charge is 2.37. The summed E-state index contributed by atoms with van der Waals surface area (Å²) in [5.41, 5.74) is 1.28. The molecule has 0 saturated carbocycles. The summed E-state index contributed by atoms with van der Waals surface area (Å²) in [6, 6.07) is 9.94. The number of amides is 1. The molecule has 1 aliphatic heterocycles. The second kappa shape index (κ2) is 7.04. The van der Waals surface area contributed by atoms with Crippen LogP contribution in [0.2, 0.25) is 0 Å². The third-order valence-electron chi connectivity index (χ3n) is 5.43. The van der Waals surface area contributed by atoms with Crippen molar-refractivity contribution in [1.82, 2.24) is 9.88 Å². The van der Waals surface area contributed by atoms with Crippen LogP contribution < -0.4 is 0 Å². The third kappa shape index (κ3) is 3.73. The number of nitrogens with one attached hydrogen (secondary N) is 1. The van der Waals surface area contributed by atoms with Crippen molar-refractivity contribution in [2.75, 3.05) is 13.1 Å². The lowest BCUT2D eigenvalue weighted by atomic mass is 9.88. The van der Waals surface area contributed by atoms with E-state index in [1.165, 1.54) is 12.1 Å². The topological polar surface area (TPSA) is 90.5 Å². The molecule has 0 atom stereocenters. The van der Waals surface area contributed by atoms with Gasteiger partial charge in [-0.2, -0.15) is 0 Å². The maximum Gasteiger partial charge on any atom is 0.253 e. The molecule has 1 fully saturated rings. The molecule has 6 nitrogen and oxygen atoms in total. The van der Waals surface area contributed by atoms with E-state index in [1.807, 2.05) is 19.1 Å². The molecule has 3 rings (SSSR count). The van der Waals surface area contributed by atoms with Crippen LogP contribution in [0.15, 0.2) is 41.3 Å². The molecular weight excluding hydrogens is 376 g/mol. The minimum atomic E-state index is -3.45. The lowest BCUT2D eigenvalue weighted by Crippen LogP contribution is -2.45. The van der Waals surface area contributed by atoms with Gasteiger partial charge in [-0.15, -0.1) is 0 Å². The van der Waals surface area contributed by atoms with Gasteiger partial charge < -0.3 is 15.0 Å². The number of likely N-dealkylation sites (tertiary alicyclic amines) is 1. The van der Waals surface area contributed by atoms with E-state index in [-0.39, 0.29) is 10.8 Å². The number of rotatable bonds is 3. The smallest absolute Gasteiger partial charge is 0.253 e. The Kier molecular flexibility index (Phi) is 5.18. The van der Waals surface area contributed by atoms with Crippen LogP contribution in [0.1, 0.15) is 55.4 Å². The fraction of sp³-hybridized carbons (Fsp3) is 0.476. The number of H-pyrrole nitrogens is 1. The number of carbonyl (C=O) groups is 1. The van der Waals surface area contributed by atoms with Gasteiger partial charge in [0, 0.05) is 30.0 Å². The van der Waals surface area contributed by atoms with Gasteiger partial charge in [0.1, 0.15) is 5.60 Å². The molecule has 7 heteroatoms. The van der Waals surface area contributed by atoms with Gasteiger partial charge in [0.25, 0.3) is 5.91 Å². The van der Waals surface area contributed by atoms with Crippen LogP contribution >= 0.6 is 0 Å². The molecule has 1 aromatic heterocycles. The molecule has 2 heterocycles. The zero-order chi connectivity index (χ0) is 20.7. The van der Waals surface area contributed by atoms with E-state index in [4.69, 9.17) is 0 Å². The van der Waals surface area contributed by atoms with Crippen molar-refractivity contribution in [3.8, 4) is 0 Å². The van der Waals surface area contributed by atoms with E-state index < -0.39 is 20.2 Å². The summed E-state index contributed by atoms with van der Waals surface area (Å²) in [6.07, 6.45) is 0.907. The minimum Gasteiger partial charge on any atom is -0.384 e. The lowest BCUT2D eigenvalue weighted by molar-refractivity contribution is -0.0241. The van der Waals surface area contributed by atoms with Crippen molar-refractivity contribution in [3.63, 3.8) is 0 Å². The number of aromatic nitrogens is 1. The van der Waals surface area contributed by atoms with Crippen LogP contribution in [-0.2, 0) is 15.4 Å². The number of benzene rings is 1. The SMILES string of the molecule is Cc1ccc(C2(O)CCN(C(=O)c3ccc(S(=O)(=O)C(C)(C)C)cc3)CC2)[nH]1. The molecule has 2 aromatic rings. The Morgan fingerprint density at radius 2 is 1.64 bits per heavy atom. The summed E-state index contributed by atoms with van der Waals surface area (Å²) in [5.74, 6) is -0.149. The maximum atomic E-state index is 12.8. The Labute approximate surface area is 166 Å². The summed E-state index contributed by atoms with van der Waals surface area (Å²) in [6.45, 7) is 7.78. The number of aliphatic hydroxyl groups is 1. The molecule has 1 saturated heterocycles. The van der Waals surface area contributed by atoms with Gasteiger partial charge >= 0.3 is 0 Å². The average molecular weight is 405 g/mol. The van der Waals surface area contributed by atoms with Gasteiger partial charge in [0.2, 0.25) is 0 Å². The summed E-state index contributed by atoms with van der Waals surface area (Å²) in [4.78, 5) is 17.9. The highest BCUT2D eigenvalue weighted by Crippen LogP contribution is 2.33. The number of carbonyl (C=O) groups excluding carboxylic acids is 1. The van der Waals surface area contributed by atoms with Crippen molar-refractivity contribution >= 4 is 15.7 Å². The van der Waals surface area contributed by atoms with Crippen molar-refractivity contribution in [1.29, 1.82) is 0 Å². The number of aryl methyl sites for hydroxylation is 1. The number of hydrogen-bond acceptors (Lipinski definition) is 4. The zero-order valence-corrected chi connectivity index (χ0v) is 17.6. The Bertz CT molecular complexity index is 961. The van der Waals surface area contributed by atoms with Crippen molar-refractivity contribution in [3.05, 3.63) is 53.3 Å². The number of sulfone groups is 1. The summed E-state index contributed by atoms with van der Waals surface area (Å²) >= 11 is 0. The molecule has 0 aliphatic carbocycles. The fourth-order valence-electron chi connectivity index (χ4n) is 3.44. The average Bonchev–Trinajstić information content (AvgIpc) is 3.08. The Morgan fingerprint density at radius 1 is 1.07 bits per heavy atom. The molecule has 1 aromatic carbocycles. The molecule has 1 aliphatic rings. The number of piperidine rings is 1. The van der Waals surface area contributed by atoms with Crippen LogP contribution in [0, 0.1) is 6.92 Å². The third-order valence-corrected chi connectivity index (χ3v) is 7.93. The first kappa shape index (κ1) is 20.6. The van der Waals surface area contributed by atoms with E-state index in [0.29, 0.717) is 31.5 Å². The van der Waals surface area contributed by atoms with Gasteiger partial charge in [-0.25, -0.2) is 8.42 Å². The summed E-state index contributed by atoms with van der Waals surface area (Å²) in [7, 11) is -3.45. The first-order valence-electron chi connectivity index (χ1n) is 9.46. The van der Waals surface area contributed by atoms with Crippen LogP contribution in [0.25, 0.3) is 0 Å². The standard InChI is InChI=1S/C21H28N2O4S/c1-15-5-10-18(22-15)21(25)11-13-23(14-12-21)19(24)16-6-8-17(9-7-16)28(26,27)20(2,3)4/h5-10,22,25H,11-14H2,1-4H3. The highest BCUT2D eigenvalue weighted by molar-refractivity contribution is 7.92. The molecule has 0 unspecified atom stereocenters. The Balaban J connectivity index is 1.70. The van der Waals surface area contributed by atoms with Gasteiger partial charge in [-0.3, -0.25) is 4.79 Å². The second-order valence-electron chi connectivity index (χ2n) is 8.52. The molecule has 152 valence electrons. The molecule has 2 N–H and O–H groups in total. The van der Waals surface area contributed by atoms with Crippen LogP contribution in [0.4, 0.5) is 0 Å². The zero-order valence-electron chi connectivity index (χ0n) is 16.8. The van der Waals surface area contributed by atoms with Crippen molar-refractivity contribution in [2.24, 2.45) is 0 Å². The predicted octanol–water partition coefficient (Wildman–Crippen LogP) is 3.02. The van der Waals surface area contributed by atoms with Gasteiger partial charge in [0.05, 0.1) is 9.64 Å². The Morgan fingerprint density at radius 3 is 2.11 bits per heavy atom. The summed E-state index contributed by atoms with van der Waals surface area (Å²) in [5, 5.41) is 10.9. The van der Waals surface area contributed by atoms with Crippen molar-refractivity contribution < 1.29 is 18.3 Å². The van der Waals surface area contributed by atoms with Gasteiger partial charge in [-0.05, 0) is 76.9 Å². The predicted molar refractivity (Wildman–Crippen MR) is 108 cm³/mol. The number of nitrogens with zero attached hydrogens (tertiary/aromatic N) is 1. The fourth-order valence-corrected chi connectivity index (χ4v) is 4.64. The lowest BCUT2D eigenvalue weighted by Gasteiger charge is -2.37. The first-order chi connectivity index (χ1) is 12.9. The van der Waals surface area contributed by atoms with Crippen LogP contribution in [0.5, 0.6) is 0 Å². The van der Waals surface area contributed by atoms with E-state index in [0.717, 1.165) is 11.4 Å². The van der Waals surface area contributed by atoms with E-state index in [1.54, 1.807) is 37.8 Å². The Hall–Kier alpha value is -2.12. The van der Waals surface area contributed by atoms with Crippen LogP contribution in [0.3, 0.4) is 0 Å². The van der Waals surface area contributed by atoms with E-state index in [9.17, 15) is 18.3 Å². The number of aromatic amines is 1. The number of hydrogen-bond donors (Lipinski definition) is 2. The van der Waals surface area contributed by atoms with Gasteiger partial charge in [0.15, 0.2) is 9.84 Å². The molecular formula is C21H28N2O4S. The molecule has 28 heavy (non-hydrogen) atoms. The quantitative estimate of drug-likeness (QED) is 0.823. The second-order valence-corrected chi connectivity index (χ2v) is 11.2. The van der Waals surface area contributed by atoms with E-state index in [2.05, 4.69) is 4.98 Å². The normalized spacial score (nSPS) is 17.5. The molecule has 0 radical (unpaired) electrons. The van der Waals surface area contributed by atoms with Crippen molar-refractivity contribution in [2.45, 2.75) is 55.8 Å². The first-order valence-corrected chi connectivity index (χ1v) is 10.9. The molecule has 0 spiro atoms. The summed E-state index contributed by atoms with van der Waals surface area (Å²) < 4.78 is 24.1. The van der Waals surface area contributed by atoms with Crippen LogP contribution in [-0.4, -0.2) is 47.2 Å². The largest absolute Gasteiger partial charge is 0.384 e. The molecule has 1 amide bonds. The monoisotopic (exact) mass is 404 g/mol. The minimum absolute atomic E-state index is 0.149. The molecule has 0 bridgehead atoms. The highest BCUT2D eigenvalue weighted by atomic mass is 32.2.